The first-order valence-corrected chi connectivity index (χ1v) is 14.7. The average Bonchev–Trinajstić information content (AvgIpc) is 2.15. The summed E-state index contributed by atoms with van der Waals surface area (Å²) in [4.78, 5) is 0. The van der Waals surface area contributed by atoms with Gasteiger partial charge in [0.1, 0.15) is 0 Å². The van der Waals surface area contributed by atoms with Crippen molar-refractivity contribution < 1.29 is 0 Å². The summed E-state index contributed by atoms with van der Waals surface area (Å²) in [6.07, 6.45) is 0. The van der Waals surface area contributed by atoms with Gasteiger partial charge in [-0.1, -0.05) is 0 Å². The standard InChI is InChI=1S/4C4H9.2Sb/c4*1-4(2)3;;/h4*4H,1H2,2-3H3;;. The Morgan fingerprint density at radius 2 is 0.611 bits per heavy atom. The van der Waals surface area contributed by atoms with E-state index < -0.39 is 0 Å². The van der Waals surface area contributed by atoms with Gasteiger partial charge < -0.3 is 0 Å². The molecule has 0 aliphatic rings. The van der Waals surface area contributed by atoms with Crippen LogP contribution in [-0.2, 0) is 0 Å². The van der Waals surface area contributed by atoms with Gasteiger partial charge in [0.15, 0.2) is 0 Å². The molecule has 2 radical (unpaired) electrons. The zero-order valence-corrected chi connectivity index (χ0v) is 19.1. The van der Waals surface area contributed by atoms with E-state index in [4.69, 9.17) is 0 Å². The Labute approximate surface area is 139 Å². The van der Waals surface area contributed by atoms with Crippen LogP contribution in [0, 0.1) is 23.7 Å². The fourth-order valence-electron chi connectivity index (χ4n) is 1.18. The van der Waals surface area contributed by atoms with Crippen LogP contribution >= 0.6 is 0 Å². The van der Waals surface area contributed by atoms with Crippen molar-refractivity contribution in [2.24, 2.45) is 23.7 Å². The first-order chi connectivity index (χ1) is 8.25. The predicted octanol–water partition coefficient (Wildman–Crippen LogP) is 5.68. The Hall–Kier alpha value is 1.64. The molecule has 0 aromatic carbocycles. The molecule has 0 fully saturated rings. The fourth-order valence-corrected chi connectivity index (χ4v) is 7.93. The van der Waals surface area contributed by atoms with Crippen LogP contribution in [0.1, 0.15) is 55.4 Å². The van der Waals surface area contributed by atoms with E-state index in [2.05, 4.69) is 55.4 Å². The number of rotatable bonds is 8. The van der Waals surface area contributed by atoms with Crippen LogP contribution in [0.3, 0.4) is 0 Å². The molecular weight excluding hydrogens is 436 g/mol. The average molecular weight is 472 g/mol. The van der Waals surface area contributed by atoms with E-state index in [1.165, 1.54) is 0 Å². The molecule has 0 aromatic rings. The molecule has 0 rings (SSSR count). The molecule has 18 heavy (non-hydrogen) atoms. The summed E-state index contributed by atoms with van der Waals surface area (Å²) in [7, 11) is 0. The Kier molecular flexibility index (Phi) is 18.3. The molecule has 0 amide bonds. The Balaban J connectivity index is 0. The van der Waals surface area contributed by atoms with Gasteiger partial charge >= 0.3 is 140 Å². The van der Waals surface area contributed by atoms with E-state index in [0.29, 0.717) is 0 Å². The second kappa shape index (κ2) is 15.0. The summed E-state index contributed by atoms with van der Waals surface area (Å²) < 4.78 is 6.20. The molecule has 0 heterocycles. The van der Waals surface area contributed by atoms with Crippen LogP contribution in [0.2, 0.25) is 17.5 Å². The van der Waals surface area contributed by atoms with Crippen molar-refractivity contribution in [1.29, 1.82) is 0 Å². The monoisotopic (exact) mass is 470 g/mol. The number of hydrogen-bond donors (Lipinski definition) is 0. The van der Waals surface area contributed by atoms with Crippen LogP contribution in [0.4, 0.5) is 0 Å². The normalized spacial score (nSPS) is 11.3. The van der Waals surface area contributed by atoms with Gasteiger partial charge in [0.25, 0.3) is 0 Å². The molecule has 0 N–H and O–H groups in total. The van der Waals surface area contributed by atoms with Crippen LogP contribution in [0.5, 0.6) is 0 Å². The molecule has 0 aliphatic heterocycles. The van der Waals surface area contributed by atoms with Crippen LogP contribution in [0.15, 0.2) is 0 Å². The third kappa shape index (κ3) is 26.2. The molecule has 0 saturated heterocycles. The maximum absolute atomic E-state index is 2.33. The van der Waals surface area contributed by atoms with Crippen LogP contribution in [-0.4, -0.2) is 43.2 Å². The van der Waals surface area contributed by atoms with Crippen molar-refractivity contribution in [3.8, 4) is 0 Å². The molecule has 0 saturated carbocycles. The van der Waals surface area contributed by atoms with Crippen molar-refractivity contribution in [2.75, 3.05) is 0 Å². The van der Waals surface area contributed by atoms with Gasteiger partial charge in [-0.3, -0.25) is 0 Å². The summed E-state index contributed by atoms with van der Waals surface area (Å²) in [5.41, 5.74) is 0. The molecule has 0 bridgehead atoms. The third-order valence-corrected chi connectivity index (χ3v) is 13.3. The minimum atomic E-state index is 0.229. The molecule has 0 unspecified atom stereocenters. The maximum atomic E-state index is 2.33. The van der Waals surface area contributed by atoms with E-state index in [1.54, 1.807) is 17.5 Å². The van der Waals surface area contributed by atoms with E-state index in [-0.39, 0.29) is 43.2 Å². The summed E-state index contributed by atoms with van der Waals surface area (Å²) in [6, 6.07) is 0. The topological polar surface area (TPSA) is 0 Å². The third-order valence-electron chi connectivity index (χ3n) is 1.98. The molecule has 2 heteroatoms. The summed E-state index contributed by atoms with van der Waals surface area (Å²) in [5, 5.41) is 0. The molecular formula is C16H36Sb2. The Bertz CT molecular complexity index is 117. The molecule has 0 atom stereocenters. The zero-order valence-electron chi connectivity index (χ0n) is 14.0. The van der Waals surface area contributed by atoms with Crippen molar-refractivity contribution in [3.63, 3.8) is 0 Å². The fraction of sp³-hybridized carbons (Fsp3) is 1.00. The van der Waals surface area contributed by atoms with Crippen molar-refractivity contribution in [2.45, 2.75) is 72.9 Å². The van der Waals surface area contributed by atoms with Gasteiger partial charge in [0, 0.05) is 0 Å². The van der Waals surface area contributed by atoms with Gasteiger partial charge in [-0.2, -0.15) is 0 Å². The molecule has 0 spiro atoms. The summed E-state index contributed by atoms with van der Waals surface area (Å²) in [6.45, 7) is 18.6. The quantitative estimate of drug-likeness (QED) is 0.400. The Morgan fingerprint density at radius 1 is 0.444 bits per heavy atom. The summed E-state index contributed by atoms with van der Waals surface area (Å²) >= 11 is 0.457. The molecule has 110 valence electrons. The van der Waals surface area contributed by atoms with E-state index >= 15 is 0 Å². The van der Waals surface area contributed by atoms with Crippen molar-refractivity contribution in [1.82, 2.24) is 0 Å². The van der Waals surface area contributed by atoms with Crippen LogP contribution < -0.4 is 0 Å². The Morgan fingerprint density at radius 3 is 0.722 bits per heavy atom. The zero-order chi connectivity index (χ0) is 14.6. The van der Waals surface area contributed by atoms with Gasteiger partial charge in [-0.15, -0.1) is 0 Å². The van der Waals surface area contributed by atoms with Gasteiger partial charge in [-0.25, -0.2) is 0 Å². The van der Waals surface area contributed by atoms with Gasteiger partial charge in [0.2, 0.25) is 0 Å². The second-order valence-corrected chi connectivity index (χ2v) is 13.5. The van der Waals surface area contributed by atoms with Crippen LogP contribution in [0.25, 0.3) is 0 Å². The van der Waals surface area contributed by atoms with Crippen molar-refractivity contribution in [3.05, 3.63) is 0 Å². The molecule has 0 nitrogen and oxygen atoms in total. The van der Waals surface area contributed by atoms with Crippen molar-refractivity contribution >= 4 is 43.2 Å². The van der Waals surface area contributed by atoms with E-state index in [1.807, 2.05) is 0 Å². The number of hydrogen-bond acceptors (Lipinski definition) is 0. The first-order valence-electron chi connectivity index (χ1n) is 7.52. The SMILES string of the molecule is CC(C)[CH2][Sb][CH2]C(C)C.CC(C)[CH2][Sb][CH2]C(C)C. The van der Waals surface area contributed by atoms with E-state index in [0.717, 1.165) is 23.7 Å². The first kappa shape index (κ1) is 21.9. The van der Waals surface area contributed by atoms with E-state index in [9.17, 15) is 0 Å². The summed E-state index contributed by atoms with van der Waals surface area (Å²) in [5.74, 6) is 3.84. The molecule has 0 aromatic heterocycles. The minimum absolute atomic E-state index is 0.229. The molecule has 0 aliphatic carbocycles. The van der Waals surface area contributed by atoms with Gasteiger partial charge in [-0.05, 0) is 0 Å². The second-order valence-electron chi connectivity index (χ2n) is 6.75. The predicted molar refractivity (Wildman–Crippen MR) is 90.1 cm³/mol. The van der Waals surface area contributed by atoms with Gasteiger partial charge in [0.05, 0.1) is 0 Å².